The molecule has 0 aliphatic heterocycles. The zero-order chi connectivity index (χ0) is 11.1. The zero-order valence-corrected chi connectivity index (χ0v) is 10.9. The van der Waals surface area contributed by atoms with Crippen LogP contribution in [0, 0.1) is 0 Å². The maximum absolute atomic E-state index is 11.4. The number of nitrogens with two attached hydrogens (primary N) is 1. The summed E-state index contributed by atoms with van der Waals surface area (Å²) >= 11 is 5.06. The molecule has 1 aromatic heterocycles. The van der Waals surface area contributed by atoms with Crippen molar-refractivity contribution >= 4 is 33.2 Å². The Bertz CT molecular complexity index is 314. The Labute approximate surface area is 102 Å². The van der Waals surface area contributed by atoms with Gasteiger partial charge in [0.05, 0.1) is 6.54 Å². The van der Waals surface area contributed by atoms with Gasteiger partial charge in [-0.15, -0.1) is 11.3 Å². The second-order valence-corrected chi connectivity index (χ2v) is 5.07. The van der Waals surface area contributed by atoms with E-state index in [0.29, 0.717) is 19.5 Å². The van der Waals surface area contributed by atoms with Gasteiger partial charge in [0.15, 0.2) is 0 Å². The first kappa shape index (κ1) is 12.7. The van der Waals surface area contributed by atoms with Crippen LogP contribution in [-0.2, 0) is 11.3 Å². The number of halogens is 1. The molecule has 3 nitrogen and oxygen atoms in total. The number of nitrogens with one attached hydrogen (secondary N) is 1. The van der Waals surface area contributed by atoms with Crippen molar-refractivity contribution in [3.05, 3.63) is 20.8 Å². The first-order valence-electron chi connectivity index (χ1n) is 4.92. The summed E-state index contributed by atoms with van der Waals surface area (Å²) < 4.78 is 1.06. The fourth-order valence-corrected chi connectivity index (χ4v) is 2.58. The van der Waals surface area contributed by atoms with Crippen molar-refractivity contribution < 1.29 is 4.79 Å². The van der Waals surface area contributed by atoms with Crippen LogP contribution >= 0.6 is 27.3 Å². The lowest BCUT2D eigenvalue weighted by Gasteiger charge is -2.03. The van der Waals surface area contributed by atoms with Crippen LogP contribution in [-0.4, -0.2) is 12.5 Å². The van der Waals surface area contributed by atoms with Crippen LogP contribution in [0.15, 0.2) is 15.9 Å². The summed E-state index contributed by atoms with van der Waals surface area (Å²) in [7, 11) is 0. The lowest BCUT2D eigenvalue weighted by atomic mass is 10.2. The first-order valence-corrected chi connectivity index (χ1v) is 6.60. The van der Waals surface area contributed by atoms with Gasteiger partial charge in [0.25, 0.3) is 0 Å². The minimum atomic E-state index is 0.101. The molecular formula is C10H15BrN2OS. The molecule has 3 N–H and O–H groups in total. The predicted octanol–water partition coefficient (Wildman–Crippen LogP) is 2.26. The van der Waals surface area contributed by atoms with Crippen LogP contribution in [0.25, 0.3) is 0 Å². The molecule has 0 fully saturated rings. The van der Waals surface area contributed by atoms with Crippen molar-refractivity contribution in [3.8, 4) is 0 Å². The number of hydrogen-bond acceptors (Lipinski definition) is 3. The third-order valence-corrected chi connectivity index (χ3v) is 3.92. The van der Waals surface area contributed by atoms with Gasteiger partial charge >= 0.3 is 0 Å². The Balaban J connectivity index is 2.20. The van der Waals surface area contributed by atoms with Crippen molar-refractivity contribution in [2.24, 2.45) is 5.73 Å². The molecule has 0 spiro atoms. The number of thiophene rings is 1. The average Bonchev–Trinajstić information content (AvgIpc) is 2.61. The topological polar surface area (TPSA) is 55.1 Å². The lowest BCUT2D eigenvalue weighted by molar-refractivity contribution is -0.121. The predicted molar refractivity (Wildman–Crippen MR) is 66.8 cm³/mol. The molecule has 0 aliphatic carbocycles. The SMILES string of the molecule is NCCCCC(=O)NCc1sccc1Br. The molecule has 5 heteroatoms. The quantitative estimate of drug-likeness (QED) is 0.790. The Morgan fingerprint density at radius 3 is 2.93 bits per heavy atom. The summed E-state index contributed by atoms with van der Waals surface area (Å²) in [5, 5.41) is 4.89. The molecule has 0 bridgehead atoms. The van der Waals surface area contributed by atoms with E-state index in [1.165, 1.54) is 0 Å². The summed E-state index contributed by atoms with van der Waals surface area (Å²) in [6.07, 6.45) is 2.35. The number of unbranched alkanes of at least 4 members (excludes halogenated alkanes) is 1. The Kier molecular flexibility index (Phi) is 5.90. The molecule has 0 saturated carbocycles. The molecule has 0 atom stereocenters. The number of hydrogen-bond donors (Lipinski definition) is 2. The van der Waals surface area contributed by atoms with Crippen LogP contribution in [0.5, 0.6) is 0 Å². The molecule has 0 radical (unpaired) electrons. The van der Waals surface area contributed by atoms with Gasteiger partial charge in [-0.25, -0.2) is 0 Å². The summed E-state index contributed by atoms with van der Waals surface area (Å²) in [6, 6.07) is 1.99. The molecule has 0 unspecified atom stereocenters. The second kappa shape index (κ2) is 6.98. The van der Waals surface area contributed by atoms with E-state index in [0.717, 1.165) is 22.2 Å². The molecule has 84 valence electrons. The Morgan fingerprint density at radius 2 is 2.33 bits per heavy atom. The van der Waals surface area contributed by atoms with Crippen molar-refractivity contribution in [3.63, 3.8) is 0 Å². The van der Waals surface area contributed by atoms with E-state index in [2.05, 4.69) is 21.2 Å². The maximum atomic E-state index is 11.4. The van der Waals surface area contributed by atoms with Gasteiger partial charge in [-0.2, -0.15) is 0 Å². The summed E-state index contributed by atoms with van der Waals surface area (Å²) in [5.41, 5.74) is 5.35. The van der Waals surface area contributed by atoms with Crippen molar-refractivity contribution in [1.82, 2.24) is 5.32 Å². The number of rotatable bonds is 6. The Morgan fingerprint density at radius 1 is 1.53 bits per heavy atom. The minimum absolute atomic E-state index is 0.101. The molecule has 0 saturated heterocycles. The fourth-order valence-electron chi connectivity index (χ4n) is 1.15. The highest BCUT2D eigenvalue weighted by molar-refractivity contribution is 9.10. The molecule has 1 rings (SSSR count). The van der Waals surface area contributed by atoms with E-state index in [4.69, 9.17) is 5.73 Å². The van der Waals surface area contributed by atoms with Gasteiger partial charge in [-0.05, 0) is 46.8 Å². The van der Waals surface area contributed by atoms with Crippen LogP contribution in [0.2, 0.25) is 0 Å². The van der Waals surface area contributed by atoms with E-state index in [-0.39, 0.29) is 5.91 Å². The summed E-state index contributed by atoms with van der Waals surface area (Å²) in [5.74, 6) is 0.101. The van der Waals surface area contributed by atoms with Crippen LogP contribution in [0.3, 0.4) is 0 Å². The minimum Gasteiger partial charge on any atom is -0.351 e. The van der Waals surface area contributed by atoms with Gasteiger partial charge in [0, 0.05) is 15.8 Å². The summed E-state index contributed by atoms with van der Waals surface area (Å²) in [6.45, 7) is 1.27. The normalized spacial score (nSPS) is 10.3. The molecule has 1 amide bonds. The van der Waals surface area contributed by atoms with Gasteiger partial charge in [-0.1, -0.05) is 0 Å². The van der Waals surface area contributed by atoms with Crippen LogP contribution in [0.1, 0.15) is 24.1 Å². The fraction of sp³-hybridized carbons (Fsp3) is 0.500. The van der Waals surface area contributed by atoms with E-state index < -0.39 is 0 Å². The molecule has 0 aliphatic rings. The smallest absolute Gasteiger partial charge is 0.220 e. The highest BCUT2D eigenvalue weighted by Crippen LogP contribution is 2.22. The maximum Gasteiger partial charge on any atom is 0.220 e. The monoisotopic (exact) mass is 290 g/mol. The highest BCUT2D eigenvalue weighted by Gasteiger charge is 2.04. The third-order valence-electron chi connectivity index (χ3n) is 2.00. The van der Waals surface area contributed by atoms with Gasteiger partial charge < -0.3 is 11.1 Å². The largest absolute Gasteiger partial charge is 0.351 e. The van der Waals surface area contributed by atoms with Crippen LogP contribution in [0.4, 0.5) is 0 Å². The zero-order valence-electron chi connectivity index (χ0n) is 8.46. The van der Waals surface area contributed by atoms with E-state index >= 15 is 0 Å². The molecule has 15 heavy (non-hydrogen) atoms. The number of amides is 1. The van der Waals surface area contributed by atoms with Crippen molar-refractivity contribution in [2.45, 2.75) is 25.8 Å². The molecule has 1 aromatic rings. The lowest BCUT2D eigenvalue weighted by Crippen LogP contribution is -2.22. The average molecular weight is 291 g/mol. The Hall–Kier alpha value is -0.390. The molecule has 1 heterocycles. The second-order valence-electron chi connectivity index (χ2n) is 3.21. The third kappa shape index (κ3) is 4.77. The van der Waals surface area contributed by atoms with Gasteiger partial charge in [0.2, 0.25) is 5.91 Å². The van der Waals surface area contributed by atoms with E-state index in [1.54, 1.807) is 11.3 Å². The standard InChI is InChI=1S/C10H15BrN2OS/c11-8-4-6-15-9(8)7-13-10(14)3-1-2-5-12/h4,6H,1-3,5,7,12H2,(H,13,14). The number of carbonyl (C=O) groups excluding carboxylic acids is 1. The van der Waals surface area contributed by atoms with Crippen LogP contribution < -0.4 is 11.1 Å². The van der Waals surface area contributed by atoms with Crippen molar-refractivity contribution in [2.75, 3.05) is 6.54 Å². The summed E-state index contributed by atoms with van der Waals surface area (Å²) in [4.78, 5) is 12.5. The van der Waals surface area contributed by atoms with Gasteiger partial charge in [0.1, 0.15) is 0 Å². The molecule has 0 aromatic carbocycles. The highest BCUT2D eigenvalue weighted by atomic mass is 79.9. The van der Waals surface area contributed by atoms with Gasteiger partial charge in [-0.3, -0.25) is 4.79 Å². The molecular weight excluding hydrogens is 276 g/mol. The van der Waals surface area contributed by atoms with Crippen molar-refractivity contribution in [1.29, 1.82) is 0 Å². The van der Waals surface area contributed by atoms with E-state index in [9.17, 15) is 4.79 Å². The van der Waals surface area contributed by atoms with E-state index in [1.807, 2.05) is 11.4 Å². The number of carbonyl (C=O) groups is 1. The first-order chi connectivity index (χ1) is 7.24.